The predicted octanol–water partition coefficient (Wildman–Crippen LogP) is 3.33. The van der Waals surface area contributed by atoms with Crippen molar-refractivity contribution in [3.8, 4) is 5.75 Å². The van der Waals surface area contributed by atoms with Crippen molar-refractivity contribution in [2.45, 2.75) is 24.3 Å². The molecular weight excluding hydrogens is 322 g/mol. The topological polar surface area (TPSA) is 46.6 Å². The SMILES string of the molecule is COc1ccc(CCN(C)[C@H](C)c2ccc(S(C)(=O)=O)cc2)cc1. The first-order chi connectivity index (χ1) is 11.3. The summed E-state index contributed by atoms with van der Waals surface area (Å²) < 4.78 is 28.2. The van der Waals surface area contributed by atoms with E-state index in [-0.39, 0.29) is 6.04 Å². The van der Waals surface area contributed by atoms with Crippen molar-refractivity contribution >= 4 is 9.84 Å². The van der Waals surface area contributed by atoms with E-state index in [9.17, 15) is 8.42 Å². The van der Waals surface area contributed by atoms with Crippen molar-refractivity contribution in [1.29, 1.82) is 0 Å². The number of hydrogen-bond donors (Lipinski definition) is 0. The smallest absolute Gasteiger partial charge is 0.175 e. The average molecular weight is 347 g/mol. The van der Waals surface area contributed by atoms with Gasteiger partial charge in [0, 0.05) is 18.8 Å². The lowest BCUT2D eigenvalue weighted by Crippen LogP contribution is -2.24. The van der Waals surface area contributed by atoms with E-state index in [1.165, 1.54) is 11.8 Å². The lowest BCUT2D eigenvalue weighted by Gasteiger charge is -2.25. The molecule has 0 unspecified atom stereocenters. The molecule has 0 N–H and O–H groups in total. The molecule has 2 rings (SSSR count). The van der Waals surface area contributed by atoms with Crippen LogP contribution in [0.3, 0.4) is 0 Å². The van der Waals surface area contributed by atoms with Gasteiger partial charge in [-0.1, -0.05) is 24.3 Å². The molecule has 0 fully saturated rings. The minimum Gasteiger partial charge on any atom is -0.497 e. The van der Waals surface area contributed by atoms with Crippen molar-refractivity contribution in [2.75, 3.05) is 27.0 Å². The van der Waals surface area contributed by atoms with Crippen LogP contribution >= 0.6 is 0 Å². The van der Waals surface area contributed by atoms with Crippen LogP contribution in [0.4, 0.5) is 0 Å². The molecule has 1 atom stereocenters. The minimum atomic E-state index is -3.14. The largest absolute Gasteiger partial charge is 0.497 e. The number of rotatable bonds is 7. The monoisotopic (exact) mass is 347 g/mol. The van der Waals surface area contributed by atoms with Gasteiger partial charge in [-0.2, -0.15) is 0 Å². The third-order valence-corrected chi connectivity index (χ3v) is 5.49. The second-order valence-corrected chi connectivity index (χ2v) is 8.11. The van der Waals surface area contributed by atoms with E-state index < -0.39 is 9.84 Å². The highest BCUT2D eigenvalue weighted by molar-refractivity contribution is 7.90. The third kappa shape index (κ3) is 4.82. The van der Waals surface area contributed by atoms with Crippen LogP contribution in [0, 0.1) is 0 Å². The first kappa shape index (κ1) is 18.5. The maximum Gasteiger partial charge on any atom is 0.175 e. The number of benzene rings is 2. The zero-order valence-electron chi connectivity index (χ0n) is 14.7. The lowest BCUT2D eigenvalue weighted by molar-refractivity contribution is 0.265. The molecule has 0 amide bonds. The molecule has 0 heterocycles. The van der Waals surface area contributed by atoms with E-state index in [0.29, 0.717) is 4.90 Å². The molecule has 0 aliphatic rings. The summed E-state index contributed by atoms with van der Waals surface area (Å²) in [6.07, 6.45) is 2.18. The number of sulfone groups is 1. The Labute approximate surface area is 145 Å². The van der Waals surface area contributed by atoms with Crippen molar-refractivity contribution in [1.82, 2.24) is 4.90 Å². The molecular formula is C19H25NO3S. The summed E-state index contributed by atoms with van der Waals surface area (Å²) in [6, 6.07) is 15.5. The van der Waals surface area contributed by atoms with Gasteiger partial charge < -0.3 is 4.74 Å². The van der Waals surface area contributed by atoms with E-state index in [4.69, 9.17) is 4.74 Å². The van der Waals surface area contributed by atoms with Crippen molar-refractivity contribution in [3.05, 3.63) is 59.7 Å². The maximum atomic E-state index is 11.5. The summed E-state index contributed by atoms with van der Waals surface area (Å²) in [5.74, 6) is 0.867. The quantitative estimate of drug-likeness (QED) is 0.771. The van der Waals surface area contributed by atoms with Gasteiger partial charge in [0.05, 0.1) is 12.0 Å². The Kier molecular flexibility index (Phi) is 6.02. The van der Waals surface area contributed by atoms with Crippen molar-refractivity contribution in [2.24, 2.45) is 0 Å². The van der Waals surface area contributed by atoms with Gasteiger partial charge in [0.25, 0.3) is 0 Å². The summed E-state index contributed by atoms with van der Waals surface area (Å²) in [5, 5.41) is 0. The lowest BCUT2D eigenvalue weighted by atomic mass is 10.1. The zero-order valence-corrected chi connectivity index (χ0v) is 15.5. The summed E-state index contributed by atoms with van der Waals surface area (Å²) in [7, 11) is 0.607. The Balaban J connectivity index is 1.97. The number of hydrogen-bond acceptors (Lipinski definition) is 4. The van der Waals surface area contributed by atoms with Crippen LogP contribution in [-0.2, 0) is 16.3 Å². The molecule has 130 valence electrons. The van der Waals surface area contributed by atoms with E-state index in [1.54, 1.807) is 19.2 Å². The maximum absolute atomic E-state index is 11.5. The molecule has 0 radical (unpaired) electrons. The fraction of sp³-hybridized carbons (Fsp3) is 0.368. The van der Waals surface area contributed by atoms with Crippen LogP contribution in [-0.4, -0.2) is 40.3 Å². The molecule has 2 aromatic carbocycles. The van der Waals surface area contributed by atoms with Crippen LogP contribution in [0.2, 0.25) is 0 Å². The van der Waals surface area contributed by atoms with Gasteiger partial charge in [-0.3, -0.25) is 4.90 Å². The van der Waals surface area contributed by atoms with Crippen molar-refractivity contribution < 1.29 is 13.2 Å². The number of nitrogens with zero attached hydrogens (tertiary/aromatic N) is 1. The molecule has 0 saturated heterocycles. The Bertz CT molecular complexity index is 752. The summed E-state index contributed by atoms with van der Waals surface area (Å²) in [4.78, 5) is 2.62. The number of likely N-dealkylation sites (N-methyl/N-ethyl adjacent to an activating group) is 1. The van der Waals surface area contributed by atoms with Crippen LogP contribution in [0.25, 0.3) is 0 Å². The molecule has 0 aliphatic heterocycles. The molecule has 4 nitrogen and oxygen atoms in total. The van der Waals surface area contributed by atoms with Gasteiger partial charge in [0.1, 0.15) is 5.75 Å². The minimum absolute atomic E-state index is 0.219. The van der Waals surface area contributed by atoms with Gasteiger partial charge in [0.2, 0.25) is 0 Å². The van der Waals surface area contributed by atoms with Gasteiger partial charge in [0.15, 0.2) is 9.84 Å². The Morgan fingerprint density at radius 1 is 1.04 bits per heavy atom. The highest BCUT2D eigenvalue weighted by Gasteiger charge is 2.13. The van der Waals surface area contributed by atoms with E-state index in [1.807, 2.05) is 24.3 Å². The van der Waals surface area contributed by atoms with Gasteiger partial charge >= 0.3 is 0 Å². The Hall–Kier alpha value is -1.85. The van der Waals surface area contributed by atoms with Gasteiger partial charge in [-0.25, -0.2) is 8.42 Å². The average Bonchev–Trinajstić information content (AvgIpc) is 2.58. The molecule has 0 bridgehead atoms. The van der Waals surface area contributed by atoms with Crippen LogP contribution in [0.1, 0.15) is 24.1 Å². The van der Waals surface area contributed by atoms with Gasteiger partial charge in [-0.15, -0.1) is 0 Å². The first-order valence-corrected chi connectivity index (χ1v) is 9.83. The summed E-state index contributed by atoms with van der Waals surface area (Å²) in [6.45, 7) is 3.05. The fourth-order valence-corrected chi connectivity index (χ4v) is 3.17. The van der Waals surface area contributed by atoms with Crippen LogP contribution in [0.15, 0.2) is 53.4 Å². The second-order valence-electron chi connectivity index (χ2n) is 6.10. The first-order valence-electron chi connectivity index (χ1n) is 7.94. The Morgan fingerprint density at radius 2 is 1.62 bits per heavy atom. The molecule has 2 aromatic rings. The van der Waals surface area contributed by atoms with E-state index in [0.717, 1.165) is 24.3 Å². The second kappa shape index (κ2) is 7.81. The number of methoxy groups -OCH3 is 1. The number of ether oxygens (including phenoxy) is 1. The third-order valence-electron chi connectivity index (χ3n) is 4.36. The molecule has 0 aromatic heterocycles. The predicted molar refractivity (Wildman–Crippen MR) is 97.3 cm³/mol. The highest BCUT2D eigenvalue weighted by Crippen LogP contribution is 2.21. The summed E-state index contributed by atoms with van der Waals surface area (Å²) >= 11 is 0. The van der Waals surface area contributed by atoms with Gasteiger partial charge in [-0.05, 0) is 55.8 Å². The molecule has 0 saturated carbocycles. The normalized spacial score (nSPS) is 13.0. The highest BCUT2D eigenvalue weighted by atomic mass is 32.2. The van der Waals surface area contributed by atoms with Crippen molar-refractivity contribution in [3.63, 3.8) is 0 Å². The fourth-order valence-electron chi connectivity index (χ4n) is 2.54. The summed E-state index contributed by atoms with van der Waals surface area (Å²) in [5.41, 5.74) is 2.38. The van der Waals surface area contributed by atoms with Crippen LogP contribution < -0.4 is 4.74 Å². The molecule has 0 aliphatic carbocycles. The standard InChI is InChI=1S/C19H25NO3S/c1-15(17-7-11-19(12-8-17)24(4,21)22)20(2)14-13-16-5-9-18(23-3)10-6-16/h5-12,15H,13-14H2,1-4H3/t15-/m1/s1. The van der Waals surface area contributed by atoms with E-state index >= 15 is 0 Å². The zero-order chi connectivity index (χ0) is 17.7. The van der Waals surface area contributed by atoms with Crippen LogP contribution in [0.5, 0.6) is 5.75 Å². The Morgan fingerprint density at radius 3 is 2.12 bits per heavy atom. The van der Waals surface area contributed by atoms with E-state index in [2.05, 4.69) is 31.0 Å². The molecule has 24 heavy (non-hydrogen) atoms. The molecule has 5 heteroatoms. The molecule has 0 spiro atoms.